The smallest absolute Gasteiger partial charge is 0.325 e. The molecule has 36 heavy (non-hydrogen) atoms. The number of nitrogens with zero attached hydrogens (tertiary/aromatic N) is 2. The Morgan fingerprint density at radius 3 is 2.61 bits per heavy atom. The van der Waals surface area contributed by atoms with Crippen molar-refractivity contribution < 1.29 is 23.9 Å². The minimum Gasteiger partial charge on any atom is -0.490 e. The van der Waals surface area contributed by atoms with Crippen molar-refractivity contribution in [2.45, 2.75) is 57.0 Å². The molecular weight excluding hydrogens is 458 g/mol. The molecule has 4 amide bonds. The summed E-state index contributed by atoms with van der Waals surface area (Å²) < 4.78 is 11.6. The van der Waals surface area contributed by atoms with Gasteiger partial charge in [0.15, 0.2) is 11.5 Å². The van der Waals surface area contributed by atoms with Crippen LogP contribution in [0.5, 0.6) is 11.5 Å². The highest BCUT2D eigenvalue weighted by molar-refractivity contribution is 6.09. The largest absolute Gasteiger partial charge is 0.490 e. The van der Waals surface area contributed by atoms with Crippen molar-refractivity contribution in [2.24, 2.45) is 0 Å². The fourth-order valence-electron chi connectivity index (χ4n) is 5.47. The number of likely N-dealkylation sites (tertiary alicyclic amines) is 1. The summed E-state index contributed by atoms with van der Waals surface area (Å²) in [6, 6.07) is 14.5. The molecule has 2 unspecified atom stereocenters. The molecule has 190 valence electrons. The van der Waals surface area contributed by atoms with Crippen LogP contribution in [0.4, 0.5) is 4.79 Å². The van der Waals surface area contributed by atoms with Crippen molar-refractivity contribution >= 4 is 17.8 Å². The van der Waals surface area contributed by atoms with E-state index in [1.165, 1.54) is 0 Å². The standard InChI is InChI=1S/C28H33N3O5/c1-2-3-14-28(21-9-5-4-6-10-21)26(33)31(27(34)29-28)19-25(32)30-15-7-11-22(30)20-12-13-23-24(18-20)36-17-8-16-35-23/h4-6,9-10,12-13,18,22H,2-3,7-8,11,14-17,19H2,1H3,(H,29,34). The Kier molecular flexibility index (Phi) is 6.85. The number of ether oxygens (including phenoxy) is 2. The molecule has 3 aliphatic heterocycles. The van der Waals surface area contributed by atoms with E-state index in [9.17, 15) is 14.4 Å². The van der Waals surface area contributed by atoms with Crippen molar-refractivity contribution in [1.29, 1.82) is 0 Å². The molecule has 0 spiro atoms. The summed E-state index contributed by atoms with van der Waals surface area (Å²) in [5.41, 5.74) is 0.592. The maximum atomic E-state index is 13.7. The normalized spacial score (nSPS) is 23.5. The number of hydrogen-bond acceptors (Lipinski definition) is 5. The van der Waals surface area contributed by atoms with E-state index < -0.39 is 11.6 Å². The molecule has 0 aromatic heterocycles. The van der Waals surface area contributed by atoms with Crippen molar-refractivity contribution in [3.05, 3.63) is 59.7 Å². The highest BCUT2D eigenvalue weighted by Crippen LogP contribution is 2.39. The van der Waals surface area contributed by atoms with E-state index in [1.807, 2.05) is 55.5 Å². The van der Waals surface area contributed by atoms with E-state index in [0.29, 0.717) is 31.9 Å². The van der Waals surface area contributed by atoms with Gasteiger partial charge >= 0.3 is 6.03 Å². The van der Waals surface area contributed by atoms with Crippen LogP contribution in [0.25, 0.3) is 0 Å². The monoisotopic (exact) mass is 491 g/mol. The summed E-state index contributed by atoms with van der Waals surface area (Å²) in [4.78, 5) is 43.1. The van der Waals surface area contributed by atoms with Crippen LogP contribution < -0.4 is 14.8 Å². The van der Waals surface area contributed by atoms with Crippen molar-refractivity contribution in [2.75, 3.05) is 26.3 Å². The summed E-state index contributed by atoms with van der Waals surface area (Å²) in [7, 11) is 0. The zero-order valence-electron chi connectivity index (χ0n) is 20.7. The molecule has 8 heteroatoms. The number of fused-ring (bicyclic) bond motifs is 1. The molecule has 3 aliphatic rings. The topological polar surface area (TPSA) is 88.2 Å². The molecular formula is C28H33N3O5. The lowest BCUT2D eigenvalue weighted by Gasteiger charge is -2.29. The van der Waals surface area contributed by atoms with Gasteiger partial charge in [0, 0.05) is 13.0 Å². The first-order valence-corrected chi connectivity index (χ1v) is 12.9. The number of amides is 4. The predicted molar refractivity (Wildman–Crippen MR) is 134 cm³/mol. The summed E-state index contributed by atoms with van der Waals surface area (Å²) in [5.74, 6) is 0.831. The van der Waals surface area contributed by atoms with Gasteiger partial charge in [-0.25, -0.2) is 4.79 Å². The maximum Gasteiger partial charge on any atom is 0.325 e. The first-order valence-electron chi connectivity index (χ1n) is 12.9. The van der Waals surface area contributed by atoms with Crippen LogP contribution in [0, 0.1) is 0 Å². The minimum atomic E-state index is -1.13. The second-order valence-corrected chi connectivity index (χ2v) is 9.70. The maximum absolute atomic E-state index is 13.7. The Morgan fingerprint density at radius 2 is 1.83 bits per heavy atom. The van der Waals surface area contributed by atoms with Gasteiger partial charge in [-0.1, -0.05) is 56.2 Å². The number of benzene rings is 2. The lowest BCUT2D eigenvalue weighted by molar-refractivity contribution is -0.139. The van der Waals surface area contributed by atoms with E-state index in [0.717, 1.165) is 53.9 Å². The first-order chi connectivity index (χ1) is 17.5. The average molecular weight is 492 g/mol. The third kappa shape index (κ3) is 4.40. The highest BCUT2D eigenvalue weighted by atomic mass is 16.5. The highest BCUT2D eigenvalue weighted by Gasteiger charge is 2.52. The molecule has 3 heterocycles. The van der Waals surface area contributed by atoms with E-state index in [-0.39, 0.29) is 24.4 Å². The predicted octanol–water partition coefficient (Wildman–Crippen LogP) is 4.15. The van der Waals surface area contributed by atoms with Gasteiger partial charge in [-0.05, 0) is 42.5 Å². The first kappa shape index (κ1) is 24.2. The van der Waals surface area contributed by atoms with Crippen LogP contribution in [0.15, 0.2) is 48.5 Å². The van der Waals surface area contributed by atoms with Gasteiger partial charge in [0.05, 0.1) is 19.3 Å². The number of unbranched alkanes of at least 4 members (excludes halogenated alkanes) is 1. The average Bonchev–Trinajstić information content (AvgIpc) is 3.39. The van der Waals surface area contributed by atoms with E-state index in [4.69, 9.17) is 9.47 Å². The number of carbonyl (C=O) groups is 3. The Bertz CT molecular complexity index is 1140. The van der Waals surface area contributed by atoms with Crippen LogP contribution >= 0.6 is 0 Å². The summed E-state index contributed by atoms with van der Waals surface area (Å²) >= 11 is 0. The quantitative estimate of drug-likeness (QED) is 0.588. The van der Waals surface area contributed by atoms with Gasteiger partial charge < -0.3 is 19.7 Å². The number of rotatable bonds is 7. The van der Waals surface area contributed by atoms with E-state index in [2.05, 4.69) is 5.32 Å². The summed E-state index contributed by atoms with van der Waals surface area (Å²) in [5, 5.41) is 2.93. The van der Waals surface area contributed by atoms with Crippen LogP contribution in [-0.4, -0.2) is 53.9 Å². The van der Waals surface area contributed by atoms with Crippen molar-refractivity contribution in [1.82, 2.24) is 15.1 Å². The van der Waals surface area contributed by atoms with Crippen molar-refractivity contribution in [3.8, 4) is 11.5 Å². The second-order valence-electron chi connectivity index (χ2n) is 9.70. The Hall–Kier alpha value is -3.55. The van der Waals surface area contributed by atoms with Crippen LogP contribution in [-0.2, 0) is 15.1 Å². The molecule has 2 aromatic rings. The number of imide groups is 1. The third-order valence-electron chi connectivity index (χ3n) is 7.37. The number of nitrogens with one attached hydrogen (secondary N) is 1. The van der Waals surface area contributed by atoms with Gasteiger partial charge in [0.25, 0.3) is 5.91 Å². The Balaban J connectivity index is 1.35. The molecule has 8 nitrogen and oxygen atoms in total. The van der Waals surface area contributed by atoms with Crippen LogP contribution in [0.2, 0.25) is 0 Å². The molecule has 2 saturated heterocycles. The summed E-state index contributed by atoms with van der Waals surface area (Å²) in [6.07, 6.45) is 4.66. The molecule has 0 radical (unpaired) electrons. The van der Waals surface area contributed by atoms with E-state index >= 15 is 0 Å². The Labute approximate surface area is 211 Å². The zero-order chi connectivity index (χ0) is 25.1. The van der Waals surface area contributed by atoms with Crippen LogP contribution in [0.3, 0.4) is 0 Å². The van der Waals surface area contributed by atoms with Gasteiger partial charge in [-0.3, -0.25) is 14.5 Å². The third-order valence-corrected chi connectivity index (χ3v) is 7.37. The van der Waals surface area contributed by atoms with Gasteiger partial charge in [-0.2, -0.15) is 0 Å². The number of urea groups is 1. The molecule has 1 N–H and O–H groups in total. The zero-order valence-corrected chi connectivity index (χ0v) is 20.7. The van der Waals surface area contributed by atoms with Gasteiger partial charge in [0.2, 0.25) is 5.91 Å². The fourth-order valence-corrected chi connectivity index (χ4v) is 5.47. The molecule has 5 rings (SSSR count). The Morgan fingerprint density at radius 1 is 1.06 bits per heavy atom. The molecule has 0 aliphatic carbocycles. The summed E-state index contributed by atoms with van der Waals surface area (Å²) in [6.45, 7) is 3.58. The van der Waals surface area contributed by atoms with Crippen molar-refractivity contribution in [3.63, 3.8) is 0 Å². The lowest BCUT2D eigenvalue weighted by atomic mass is 9.85. The molecule has 0 bridgehead atoms. The molecule has 2 atom stereocenters. The second kappa shape index (κ2) is 10.2. The molecule has 2 aromatic carbocycles. The van der Waals surface area contributed by atoms with Gasteiger partial charge in [-0.15, -0.1) is 0 Å². The fraction of sp³-hybridized carbons (Fsp3) is 0.464. The minimum absolute atomic E-state index is 0.130. The number of carbonyl (C=O) groups excluding carboxylic acids is 3. The number of hydrogen-bond donors (Lipinski definition) is 1. The SMILES string of the molecule is CCCCC1(c2ccccc2)NC(=O)N(CC(=O)N2CCCC2c2ccc3c(c2)OCCCO3)C1=O. The lowest BCUT2D eigenvalue weighted by Crippen LogP contribution is -2.45. The van der Waals surface area contributed by atoms with Crippen LogP contribution in [0.1, 0.15) is 62.6 Å². The van der Waals surface area contributed by atoms with Gasteiger partial charge in [0.1, 0.15) is 12.1 Å². The molecule has 2 fully saturated rings. The molecule has 0 saturated carbocycles. The van der Waals surface area contributed by atoms with E-state index in [1.54, 1.807) is 4.90 Å².